The van der Waals surface area contributed by atoms with Crippen molar-refractivity contribution in [3.63, 3.8) is 0 Å². The lowest BCUT2D eigenvalue weighted by Gasteiger charge is -2.30. The minimum absolute atomic E-state index is 0.191. The molecule has 0 amide bonds. The molecule has 6 nitrogen and oxygen atoms in total. The fraction of sp³-hybridized carbons (Fsp3) is 0.750. The number of nitrogens with zero attached hydrogens (tertiary/aromatic N) is 2. The Morgan fingerprint density at radius 1 is 1.53 bits per heavy atom. The van der Waals surface area contributed by atoms with Gasteiger partial charge in [-0.2, -0.15) is 5.10 Å². The third-order valence-electron chi connectivity index (χ3n) is 3.00. The quantitative estimate of drug-likeness (QED) is 0.809. The van der Waals surface area contributed by atoms with Crippen LogP contribution < -0.4 is 10.5 Å². The van der Waals surface area contributed by atoms with E-state index < -0.39 is 15.6 Å². The van der Waals surface area contributed by atoms with Crippen LogP contribution >= 0.6 is 0 Å². The molecule has 1 aromatic rings. The van der Waals surface area contributed by atoms with Crippen molar-refractivity contribution in [2.24, 2.45) is 18.7 Å². The topological polar surface area (TPSA) is 90.0 Å². The molecule has 0 aliphatic carbocycles. The summed E-state index contributed by atoms with van der Waals surface area (Å²) in [5.74, 6) is 0.351. The van der Waals surface area contributed by atoms with E-state index in [0.717, 1.165) is 0 Å². The highest BCUT2D eigenvalue weighted by molar-refractivity contribution is 7.89. The first-order valence-electron chi connectivity index (χ1n) is 6.34. The largest absolute Gasteiger partial charge is 0.329 e. The second kappa shape index (κ2) is 5.60. The minimum Gasteiger partial charge on any atom is -0.329 e. The Labute approximate surface area is 115 Å². The van der Waals surface area contributed by atoms with Gasteiger partial charge in [0.2, 0.25) is 0 Å². The highest BCUT2D eigenvalue weighted by Gasteiger charge is 2.32. The number of rotatable bonds is 6. The fourth-order valence-electron chi connectivity index (χ4n) is 2.36. The first kappa shape index (κ1) is 16.1. The molecule has 0 radical (unpaired) electrons. The first-order valence-corrected chi connectivity index (χ1v) is 7.82. The van der Waals surface area contributed by atoms with E-state index in [4.69, 9.17) is 5.73 Å². The van der Waals surface area contributed by atoms with Crippen LogP contribution in [0.25, 0.3) is 0 Å². The van der Waals surface area contributed by atoms with Crippen molar-refractivity contribution in [1.29, 1.82) is 0 Å². The molecular formula is C12H24N4O2S. The maximum atomic E-state index is 12.5. The van der Waals surface area contributed by atoms with Crippen LogP contribution in [0.2, 0.25) is 0 Å². The third kappa shape index (κ3) is 3.77. The van der Waals surface area contributed by atoms with Gasteiger partial charge >= 0.3 is 0 Å². The van der Waals surface area contributed by atoms with Crippen molar-refractivity contribution in [1.82, 2.24) is 14.5 Å². The molecule has 7 heteroatoms. The van der Waals surface area contributed by atoms with Gasteiger partial charge in [0, 0.05) is 24.7 Å². The molecule has 0 saturated carbocycles. The van der Waals surface area contributed by atoms with Crippen molar-refractivity contribution in [3.8, 4) is 0 Å². The molecule has 0 bridgehead atoms. The summed E-state index contributed by atoms with van der Waals surface area (Å²) in [6.45, 7) is 7.89. The van der Waals surface area contributed by atoms with Crippen LogP contribution in [0.3, 0.4) is 0 Å². The molecule has 0 fully saturated rings. The number of aromatic nitrogens is 2. The zero-order valence-corrected chi connectivity index (χ0v) is 13.1. The molecular weight excluding hydrogens is 264 g/mol. The van der Waals surface area contributed by atoms with Crippen LogP contribution in [0.5, 0.6) is 0 Å². The summed E-state index contributed by atoms with van der Waals surface area (Å²) < 4.78 is 29.0. The maximum Gasteiger partial charge on any atom is 0.258 e. The number of hydrogen-bond acceptors (Lipinski definition) is 4. The molecule has 1 rings (SSSR count). The van der Waals surface area contributed by atoms with E-state index in [1.165, 1.54) is 10.9 Å². The SMILES string of the molecule is Cc1cnn(C)c1S(=O)(=O)NC(C)(CN)CC(C)C. The normalized spacial score (nSPS) is 15.7. The van der Waals surface area contributed by atoms with E-state index in [9.17, 15) is 8.42 Å². The van der Waals surface area contributed by atoms with Gasteiger partial charge in [0.15, 0.2) is 5.03 Å². The van der Waals surface area contributed by atoms with Crippen molar-refractivity contribution in [2.75, 3.05) is 6.54 Å². The highest BCUT2D eigenvalue weighted by Crippen LogP contribution is 2.20. The average Bonchev–Trinajstić information content (AvgIpc) is 2.56. The minimum atomic E-state index is -3.62. The predicted molar refractivity (Wildman–Crippen MR) is 75.2 cm³/mol. The summed E-state index contributed by atoms with van der Waals surface area (Å²) in [5, 5.41) is 4.16. The maximum absolute atomic E-state index is 12.5. The standard InChI is InChI=1S/C12H24N4O2S/c1-9(2)6-12(4,8-13)15-19(17,18)11-10(3)7-14-16(11)5/h7,9,15H,6,8,13H2,1-5H3. The van der Waals surface area contributed by atoms with Crippen molar-refractivity contribution >= 4 is 10.0 Å². The van der Waals surface area contributed by atoms with Gasteiger partial charge in [-0.1, -0.05) is 13.8 Å². The molecule has 19 heavy (non-hydrogen) atoms. The monoisotopic (exact) mass is 288 g/mol. The second-order valence-corrected chi connectivity index (χ2v) is 7.32. The fourth-order valence-corrected chi connectivity index (χ4v) is 4.15. The molecule has 1 heterocycles. The molecule has 0 aliphatic heterocycles. The van der Waals surface area contributed by atoms with Crippen LogP contribution in [0.15, 0.2) is 11.2 Å². The van der Waals surface area contributed by atoms with E-state index in [1.807, 2.05) is 20.8 Å². The van der Waals surface area contributed by atoms with Gasteiger partial charge in [-0.3, -0.25) is 4.68 Å². The number of sulfonamides is 1. The van der Waals surface area contributed by atoms with E-state index in [0.29, 0.717) is 17.9 Å². The molecule has 1 atom stereocenters. The molecule has 0 aromatic carbocycles. The number of hydrogen-bond donors (Lipinski definition) is 2. The van der Waals surface area contributed by atoms with Gasteiger partial charge in [0.1, 0.15) is 0 Å². The number of aryl methyl sites for hydroxylation is 2. The van der Waals surface area contributed by atoms with Crippen LogP contribution in [0.1, 0.15) is 32.8 Å². The van der Waals surface area contributed by atoms with Crippen LogP contribution in [0, 0.1) is 12.8 Å². The number of nitrogens with two attached hydrogens (primary N) is 1. The lowest BCUT2D eigenvalue weighted by Crippen LogP contribution is -2.52. The molecule has 3 N–H and O–H groups in total. The van der Waals surface area contributed by atoms with Crippen molar-refractivity contribution in [2.45, 2.75) is 44.7 Å². The lowest BCUT2D eigenvalue weighted by atomic mass is 9.92. The van der Waals surface area contributed by atoms with Gasteiger partial charge in [-0.15, -0.1) is 0 Å². The van der Waals surface area contributed by atoms with Crippen molar-refractivity contribution in [3.05, 3.63) is 11.8 Å². The predicted octanol–water partition coefficient (Wildman–Crippen LogP) is 0.770. The molecule has 1 aromatic heterocycles. The highest BCUT2D eigenvalue weighted by atomic mass is 32.2. The van der Waals surface area contributed by atoms with E-state index >= 15 is 0 Å². The Morgan fingerprint density at radius 3 is 2.47 bits per heavy atom. The zero-order chi connectivity index (χ0) is 14.8. The summed E-state index contributed by atoms with van der Waals surface area (Å²) >= 11 is 0. The summed E-state index contributed by atoms with van der Waals surface area (Å²) in [7, 11) is -2.01. The summed E-state index contributed by atoms with van der Waals surface area (Å²) in [6, 6.07) is 0. The van der Waals surface area contributed by atoms with Gasteiger partial charge in [0.25, 0.3) is 10.0 Å². The number of nitrogens with one attached hydrogen (secondary N) is 1. The van der Waals surface area contributed by atoms with Crippen LogP contribution in [-0.2, 0) is 17.1 Å². The van der Waals surface area contributed by atoms with Crippen LogP contribution in [-0.4, -0.2) is 30.3 Å². The smallest absolute Gasteiger partial charge is 0.258 e. The summed E-state index contributed by atoms with van der Waals surface area (Å²) in [5.41, 5.74) is 5.72. The molecule has 0 aliphatic rings. The van der Waals surface area contributed by atoms with Gasteiger partial charge in [-0.05, 0) is 26.2 Å². The lowest BCUT2D eigenvalue weighted by molar-refractivity contribution is 0.343. The third-order valence-corrected chi connectivity index (χ3v) is 4.86. The summed E-state index contributed by atoms with van der Waals surface area (Å²) in [6.07, 6.45) is 2.22. The van der Waals surface area contributed by atoms with Crippen LogP contribution in [0.4, 0.5) is 0 Å². The first-order chi connectivity index (χ1) is 8.61. The van der Waals surface area contributed by atoms with Gasteiger partial charge < -0.3 is 5.73 Å². The molecule has 0 saturated heterocycles. The Balaban J connectivity index is 3.09. The molecule has 0 spiro atoms. The summed E-state index contributed by atoms with van der Waals surface area (Å²) in [4.78, 5) is 0. The van der Waals surface area contributed by atoms with Gasteiger partial charge in [0.05, 0.1) is 6.20 Å². The van der Waals surface area contributed by atoms with E-state index in [1.54, 1.807) is 14.0 Å². The second-order valence-electron chi connectivity index (χ2n) is 5.72. The average molecular weight is 288 g/mol. The Morgan fingerprint density at radius 2 is 2.11 bits per heavy atom. The van der Waals surface area contributed by atoms with Gasteiger partial charge in [-0.25, -0.2) is 13.1 Å². The molecule has 110 valence electrons. The zero-order valence-electron chi connectivity index (χ0n) is 12.3. The van der Waals surface area contributed by atoms with Crippen molar-refractivity contribution < 1.29 is 8.42 Å². The Hall–Kier alpha value is -0.920. The van der Waals surface area contributed by atoms with E-state index in [-0.39, 0.29) is 11.6 Å². The molecule has 1 unspecified atom stereocenters. The Bertz CT molecular complexity index is 516. The Kier molecular flexibility index (Phi) is 4.76. The van der Waals surface area contributed by atoms with E-state index in [2.05, 4.69) is 9.82 Å².